The van der Waals surface area contributed by atoms with Crippen LogP contribution in [0.4, 0.5) is 0 Å². The highest BCUT2D eigenvalue weighted by atomic mass is 31.2. The van der Waals surface area contributed by atoms with Crippen molar-refractivity contribution in [3.05, 3.63) is 0 Å². The van der Waals surface area contributed by atoms with Crippen LogP contribution in [0.25, 0.3) is 0 Å². The molecule has 33 heavy (non-hydrogen) atoms. The average Bonchev–Trinajstić information content (AvgIpc) is 2.78. The molecule has 0 fully saturated rings. The van der Waals surface area contributed by atoms with Crippen LogP contribution in [0.3, 0.4) is 0 Å². The van der Waals surface area contributed by atoms with Crippen molar-refractivity contribution in [3.8, 4) is 0 Å². The van der Waals surface area contributed by atoms with E-state index in [1.165, 1.54) is 51.4 Å². The van der Waals surface area contributed by atoms with Crippen LogP contribution in [0.15, 0.2) is 0 Å². The smallest absolute Gasteiger partial charge is 0.356 e. The first-order valence-electron chi connectivity index (χ1n) is 12.2. The molecular formula is C22H45O10P. The maximum atomic E-state index is 12.6. The predicted molar refractivity (Wildman–Crippen MR) is 124 cm³/mol. The minimum atomic E-state index is -5.07. The van der Waals surface area contributed by atoms with E-state index in [4.69, 9.17) is 15.1 Å². The fourth-order valence-electron chi connectivity index (χ4n) is 3.65. The van der Waals surface area contributed by atoms with Crippen molar-refractivity contribution in [3.63, 3.8) is 0 Å². The summed E-state index contributed by atoms with van der Waals surface area (Å²) in [4.78, 5) is 35.3. The van der Waals surface area contributed by atoms with Gasteiger partial charge >= 0.3 is 7.60 Å². The Morgan fingerprint density at radius 1 is 0.818 bits per heavy atom. The third-order valence-electron chi connectivity index (χ3n) is 5.63. The Morgan fingerprint density at radius 2 is 1.27 bits per heavy atom. The summed E-state index contributed by atoms with van der Waals surface area (Å²) in [6, 6.07) is 0. The minimum absolute atomic E-state index is 0.00855. The standard InChI is InChI=1S/C22H45O10P/c1-2-3-4-5-6-7-8-9-10-11-12-13-14-15-18(25)21(20(17-24)32-27)31-22(19(26)16-23)33(28,29)30/h19-24,26-27H,2-17H2,1H3,(H2,28,29,30)/t19?,20-,21?,22?/m0/s1. The zero-order valence-corrected chi connectivity index (χ0v) is 20.8. The van der Waals surface area contributed by atoms with Crippen molar-refractivity contribution < 1.29 is 49.3 Å². The van der Waals surface area contributed by atoms with E-state index in [0.29, 0.717) is 6.42 Å². The van der Waals surface area contributed by atoms with Crippen LogP contribution >= 0.6 is 7.60 Å². The van der Waals surface area contributed by atoms with E-state index in [1.54, 1.807) is 0 Å². The number of carbonyl (C=O) groups is 1. The molecule has 0 amide bonds. The normalized spacial score (nSPS) is 15.8. The number of rotatable bonds is 23. The van der Waals surface area contributed by atoms with Gasteiger partial charge in [-0.15, -0.1) is 0 Å². The highest BCUT2D eigenvalue weighted by molar-refractivity contribution is 7.52. The van der Waals surface area contributed by atoms with Gasteiger partial charge in [-0.3, -0.25) is 14.6 Å². The Hall–Kier alpha value is -0.420. The molecule has 0 aromatic heterocycles. The third-order valence-corrected chi connectivity index (χ3v) is 6.76. The molecule has 0 rings (SSSR count). The van der Waals surface area contributed by atoms with Crippen molar-refractivity contribution in [2.24, 2.45) is 0 Å². The van der Waals surface area contributed by atoms with Gasteiger partial charge in [0, 0.05) is 6.42 Å². The van der Waals surface area contributed by atoms with Gasteiger partial charge in [0.1, 0.15) is 18.3 Å². The maximum Gasteiger partial charge on any atom is 0.356 e. The third kappa shape index (κ3) is 15.2. The minimum Gasteiger partial charge on any atom is -0.394 e. The Morgan fingerprint density at radius 3 is 1.64 bits per heavy atom. The number of aliphatic hydroxyl groups is 3. The van der Waals surface area contributed by atoms with Crippen LogP contribution in [0.5, 0.6) is 0 Å². The molecule has 0 aromatic rings. The van der Waals surface area contributed by atoms with E-state index < -0.39 is 50.7 Å². The molecule has 0 heterocycles. The first-order chi connectivity index (χ1) is 15.7. The number of ketones is 1. The van der Waals surface area contributed by atoms with Gasteiger partial charge in [-0.1, -0.05) is 84.0 Å². The topological polar surface area (TPSA) is 174 Å². The van der Waals surface area contributed by atoms with Crippen LogP contribution < -0.4 is 0 Å². The second kappa shape index (κ2) is 19.8. The Balaban J connectivity index is 4.34. The van der Waals surface area contributed by atoms with Gasteiger partial charge in [0.2, 0.25) is 0 Å². The summed E-state index contributed by atoms with van der Waals surface area (Å²) in [5.74, 6) is -2.83. The molecule has 0 aliphatic carbocycles. The number of hydrogen-bond acceptors (Lipinski definition) is 8. The summed E-state index contributed by atoms with van der Waals surface area (Å²) >= 11 is 0. The van der Waals surface area contributed by atoms with Gasteiger partial charge in [0.05, 0.1) is 13.2 Å². The van der Waals surface area contributed by atoms with Crippen molar-refractivity contribution in [2.75, 3.05) is 13.2 Å². The number of carbonyl (C=O) groups excluding carboxylic acids is 1. The summed E-state index contributed by atoms with van der Waals surface area (Å²) < 4.78 is 16.7. The zero-order valence-electron chi connectivity index (χ0n) is 19.9. The molecule has 0 saturated carbocycles. The van der Waals surface area contributed by atoms with E-state index >= 15 is 0 Å². The van der Waals surface area contributed by atoms with Crippen molar-refractivity contribution in [1.29, 1.82) is 0 Å². The first kappa shape index (κ1) is 32.6. The Labute approximate surface area is 197 Å². The van der Waals surface area contributed by atoms with E-state index in [-0.39, 0.29) is 6.42 Å². The Kier molecular flexibility index (Phi) is 19.6. The fraction of sp³-hybridized carbons (Fsp3) is 0.955. The molecule has 11 heteroatoms. The molecule has 0 spiro atoms. The Bertz CT molecular complexity index is 523. The number of Topliss-reactive ketones (excluding diaryl/α,β-unsaturated/α-hetero) is 1. The molecule has 3 unspecified atom stereocenters. The molecular weight excluding hydrogens is 455 g/mol. The lowest BCUT2D eigenvalue weighted by Crippen LogP contribution is -2.46. The molecule has 0 aliphatic rings. The van der Waals surface area contributed by atoms with Crippen LogP contribution in [-0.4, -0.2) is 73.5 Å². The van der Waals surface area contributed by atoms with Gasteiger partial charge in [0.15, 0.2) is 11.6 Å². The average molecular weight is 501 g/mol. The molecule has 6 N–H and O–H groups in total. The lowest BCUT2D eigenvalue weighted by molar-refractivity contribution is -0.305. The number of unbranched alkanes of at least 4 members (excludes halogenated alkanes) is 12. The summed E-state index contributed by atoms with van der Waals surface area (Å²) in [6.07, 6.45) is 9.41. The molecule has 0 aliphatic heterocycles. The van der Waals surface area contributed by atoms with E-state index in [9.17, 15) is 29.4 Å². The van der Waals surface area contributed by atoms with Gasteiger partial charge in [-0.25, -0.2) is 4.89 Å². The lowest BCUT2D eigenvalue weighted by atomic mass is 10.0. The number of aliphatic hydroxyl groups excluding tert-OH is 3. The van der Waals surface area contributed by atoms with Crippen LogP contribution in [0.2, 0.25) is 0 Å². The zero-order chi connectivity index (χ0) is 25.1. The van der Waals surface area contributed by atoms with Gasteiger partial charge in [0.25, 0.3) is 0 Å². The van der Waals surface area contributed by atoms with Crippen molar-refractivity contribution in [1.82, 2.24) is 0 Å². The summed E-state index contributed by atoms with van der Waals surface area (Å²) in [5, 5.41) is 36.9. The van der Waals surface area contributed by atoms with Crippen molar-refractivity contribution >= 4 is 13.4 Å². The van der Waals surface area contributed by atoms with E-state index in [1.807, 2.05) is 0 Å². The molecule has 198 valence electrons. The molecule has 0 bridgehead atoms. The van der Waals surface area contributed by atoms with E-state index in [0.717, 1.165) is 25.7 Å². The lowest BCUT2D eigenvalue weighted by Gasteiger charge is -2.29. The first-order valence-corrected chi connectivity index (χ1v) is 13.8. The van der Waals surface area contributed by atoms with Gasteiger partial charge < -0.3 is 29.8 Å². The quantitative estimate of drug-likeness (QED) is 0.0529. The largest absolute Gasteiger partial charge is 0.394 e. The highest BCUT2D eigenvalue weighted by Gasteiger charge is 2.42. The van der Waals surface area contributed by atoms with Crippen molar-refractivity contribution in [2.45, 2.75) is 121 Å². The van der Waals surface area contributed by atoms with E-state index in [2.05, 4.69) is 11.8 Å². The summed E-state index contributed by atoms with van der Waals surface area (Å²) in [7, 11) is -5.07. The molecule has 0 radical (unpaired) electrons. The molecule has 4 atom stereocenters. The maximum absolute atomic E-state index is 12.6. The second-order valence-corrected chi connectivity index (χ2v) is 10.3. The SMILES string of the molecule is CCCCCCCCCCCCCCCC(=O)C(OC(C(O)CO)P(=O)(O)O)[C@H](CO)OO. The van der Waals surface area contributed by atoms with Crippen LogP contribution in [0, 0.1) is 0 Å². The fourth-order valence-corrected chi connectivity index (χ4v) is 4.48. The predicted octanol–water partition coefficient (Wildman–Crippen LogP) is 3.13. The summed E-state index contributed by atoms with van der Waals surface area (Å²) in [6.45, 7) is 0.345. The number of ether oxygens (including phenoxy) is 1. The second-order valence-electron chi connectivity index (χ2n) is 8.57. The highest BCUT2D eigenvalue weighted by Crippen LogP contribution is 2.44. The summed E-state index contributed by atoms with van der Waals surface area (Å²) in [5.41, 5.74) is 0. The monoisotopic (exact) mass is 500 g/mol. The number of hydrogen-bond donors (Lipinski definition) is 6. The van der Waals surface area contributed by atoms with Crippen LogP contribution in [-0.2, 0) is 19.0 Å². The molecule has 10 nitrogen and oxygen atoms in total. The molecule has 0 saturated heterocycles. The van der Waals surface area contributed by atoms with Gasteiger partial charge in [-0.2, -0.15) is 0 Å². The van der Waals surface area contributed by atoms with Crippen LogP contribution in [0.1, 0.15) is 96.8 Å². The van der Waals surface area contributed by atoms with Gasteiger partial charge in [-0.05, 0) is 6.42 Å². The molecule has 0 aromatic carbocycles.